The summed E-state index contributed by atoms with van der Waals surface area (Å²) >= 11 is 3.18. The number of hydrogen-bond acceptors (Lipinski definition) is 1. The lowest BCUT2D eigenvalue weighted by atomic mass is 10.0. The maximum Gasteiger partial charge on any atom is 0.145 e. The van der Waals surface area contributed by atoms with Crippen LogP contribution >= 0.6 is 15.9 Å². The SMILES string of the molecule is NCc1ccc(-c2cccc(Br)c2F)cc1. The summed E-state index contributed by atoms with van der Waals surface area (Å²) in [6, 6.07) is 12.9. The van der Waals surface area contributed by atoms with Gasteiger partial charge in [0.15, 0.2) is 0 Å². The average Bonchev–Trinajstić information content (AvgIpc) is 2.33. The van der Waals surface area contributed by atoms with Gasteiger partial charge in [-0.3, -0.25) is 0 Å². The second-order valence-electron chi connectivity index (χ2n) is 3.50. The molecule has 0 saturated carbocycles. The van der Waals surface area contributed by atoms with E-state index in [4.69, 9.17) is 5.73 Å². The van der Waals surface area contributed by atoms with E-state index in [1.165, 1.54) is 0 Å². The lowest BCUT2D eigenvalue weighted by Crippen LogP contribution is -1.95. The van der Waals surface area contributed by atoms with Crippen LogP contribution in [-0.4, -0.2) is 0 Å². The summed E-state index contributed by atoms with van der Waals surface area (Å²) in [5.41, 5.74) is 8.00. The Hall–Kier alpha value is -1.19. The summed E-state index contributed by atoms with van der Waals surface area (Å²) in [6.07, 6.45) is 0. The van der Waals surface area contributed by atoms with E-state index >= 15 is 0 Å². The summed E-state index contributed by atoms with van der Waals surface area (Å²) in [7, 11) is 0. The summed E-state index contributed by atoms with van der Waals surface area (Å²) in [6.45, 7) is 0.501. The quantitative estimate of drug-likeness (QED) is 0.891. The van der Waals surface area contributed by atoms with E-state index < -0.39 is 0 Å². The predicted molar refractivity (Wildman–Crippen MR) is 67.4 cm³/mol. The van der Waals surface area contributed by atoms with Crippen molar-refractivity contribution >= 4 is 15.9 Å². The molecule has 1 nitrogen and oxygen atoms in total. The summed E-state index contributed by atoms with van der Waals surface area (Å²) in [4.78, 5) is 0. The predicted octanol–water partition coefficient (Wildman–Crippen LogP) is 3.71. The zero-order chi connectivity index (χ0) is 11.5. The third-order valence-electron chi connectivity index (χ3n) is 2.45. The maximum atomic E-state index is 13.8. The van der Waals surface area contributed by atoms with Gasteiger partial charge in [0.2, 0.25) is 0 Å². The lowest BCUT2D eigenvalue weighted by Gasteiger charge is -2.05. The molecule has 2 aromatic rings. The molecule has 0 atom stereocenters. The highest BCUT2D eigenvalue weighted by molar-refractivity contribution is 9.10. The van der Waals surface area contributed by atoms with Crippen molar-refractivity contribution in [2.75, 3.05) is 0 Å². The van der Waals surface area contributed by atoms with Crippen molar-refractivity contribution in [1.29, 1.82) is 0 Å². The first-order chi connectivity index (χ1) is 7.72. The molecule has 0 radical (unpaired) electrons. The largest absolute Gasteiger partial charge is 0.326 e. The first kappa shape index (κ1) is 11.3. The zero-order valence-electron chi connectivity index (χ0n) is 8.58. The fourth-order valence-electron chi connectivity index (χ4n) is 1.55. The molecule has 16 heavy (non-hydrogen) atoms. The Morgan fingerprint density at radius 2 is 1.75 bits per heavy atom. The molecule has 0 aromatic heterocycles. The van der Waals surface area contributed by atoms with Crippen LogP contribution in [0.15, 0.2) is 46.9 Å². The fourth-order valence-corrected chi connectivity index (χ4v) is 1.91. The van der Waals surface area contributed by atoms with Gasteiger partial charge in [-0.1, -0.05) is 36.4 Å². The minimum atomic E-state index is -0.233. The maximum absolute atomic E-state index is 13.8. The molecule has 3 heteroatoms. The second-order valence-corrected chi connectivity index (χ2v) is 4.36. The van der Waals surface area contributed by atoms with E-state index in [1.54, 1.807) is 12.1 Å². The van der Waals surface area contributed by atoms with Crippen LogP contribution in [0.4, 0.5) is 4.39 Å². The smallest absolute Gasteiger partial charge is 0.145 e. The van der Waals surface area contributed by atoms with Crippen LogP contribution < -0.4 is 5.73 Å². The summed E-state index contributed by atoms with van der Waals surface area (Å²) in [5, 5.41) is 0. The molecule has 0 aliphatic heterocycles. The van der Waals surface area contributed by atoms with Gasteiger partial charge in [0.25, 0.3) is 0 Å². The van der Waals surface area contributed by atoms with Crippen molar-refractivity contribution in [2.24, 2.45) is 5.73 Å². The number of rotatable bonds is 2. The van der Waals surface area contributed by atoms with Crippen LogP contribution in [0.3, 0.4) is 0 Å². The molecule has 0 heterocycles. The van der Waals surface area contributed by atoms with Crippen LogP contribution in [0.2, 0.25) is 0 Å². The molecule has 0 spiro atoms. The van der Waals surface area contributed by atoms with Crippen molar-refractivity contribution < 1.29 is 4.39 Å². The van der Waals surface area contributed by atoms with Gasteiger partial charge in [0, 0.05) is 12.1 Å². The summed E-state index contributed by atoms with van der Waals surface area (Å²) in [5.74, 6) is -0.233. The standard InChI is InChI=1S/C13H11BrFN/c14-12-3-1-2-11(13(12)15)10-6-4-9(8-16)5-7-10/h1-7H,8,16H2. The molecule has 82 valence electrons. The Labute approximate surface area is 102 Å². The van der Waals surface area contributed by atoms with Gasteiger partial charge in [-0.15, -0.1) is 0 Å². The molecule has 0 amide bonds. The number of nitrogens with two attached hydrogens (primary N) is 1. The second kappa shape index (κ2) is 4.76. The number of hydrogen-bond donors (Lipinski definition) is 1. The van der Waals surface area contributed by atoms with Crippen LogP contribution in [-0.2, 0) is 6.54 Å². The topological polar surface area (TPSA) is 26.0 Å². The zero-order valence-corrected chi connectivity index (χ0v) is 10.2. The Balaban J connectivity index is 2.46. The van der Waals surface area contributed by atoms with Crippen molar-refractivity contribution in [3.05, 3.63) is 58.3 Å². The average molecular weight is 280 g/mol. The van der Waals surface area contributed by atoms with Gasteiger partial charge in [0.1, 0.15) is 5.82 Å². The van der Waals surface area contributed by atoms with Crippen molar-refractivity contribution in [3.63, 3.8) is 0 Å². The van der Waals surface area contributed by atoms with E-state index in [2.05, 4.69) is 15.9 Å². The van der Waals surface area contributed by atoms with E-state index in [0.29, 0.717) is 16.6 Å². The normalized spacial score (nSPS) is 10.4. The number of halogens is 2. The van der Waals surface area contributed by atoms with Crippen molar-refractivity contribution in [2.45, 2.75) is 6.54 Å². The molecule has 2 N–H and O–H groups in total. The highest BCUT2D eigenvalue weighted by atomic mass is 79.9. The summed E-state index contributed by atoms with van der Waals surface area (Å²) < 4.78 is 14.3. The molecule has 2 aromatic carbocycles. The highest BCUT2D eigenvalue weighted by Crippen LogP contribution is 2.27. The van der Waals surface area contributed by atoms with E-state index in [1.807, 2.05) is 30.3 Å². The van der Waals surface area contributed by atoms with Gasteiger partial charge in [-0.05, 0) is 33.1 Å². The molecule has 0 aliphatic carbocycles. The van der Waals surface area contributed by atoms with Gasteiger partial charge < -0.3 is 5.73 Å². The lowest BCUT2D eigenvalue weighted by molar-refractivity contribution is 0.624. The van der Waals surface area contributed by atoms with Gasteiger partial charge in [-0.25, -0.2) is 4.39 Å². The van der Waals surface area contributed by atoms with E-state index in [-0.39, 0.29) is 5.82 Å². The molecule has 0 unspecified atom stereocenters. The minimum Gasteiger partial charge on any atom is -0.326 e. The number of benzene rings is 2. The molecular formula is C13H11BrFN. The first-order valence-electron chi connectivity index (χ1n) is 4.96. The van der Waals surface area contributed by atoms with Crippen LogP contribution in [0, 0.1) is 5.82 Å². The minimum absolute atomic E-state index is 0.233. The Bertz CT molecular complexity index is 494. The molecule has 0 saturated heterocycles. The van der Waals surface area contributed by atoms with Gasteiger partial charge >= 0.3 is 0 Å². The highest BCUT2D eigenvalue weighted by Gasteiger charge is 2.07. The molecular weight excluding hydrogens is 269 g/mol. The molecule has 0 bridgehead atoms. The molecule has 0 aliphatic rings. The third kappa shape index (κ3) is 2.15. The third-order valence-corrected chi connectivity index (χ3v) is 3.06. The first-order valence-corrected chi connectivity index (χ1v) is 5.75. The van der Waals surface area contributed by atoms with Gasteiger partial charge in [-0.2, -0.15) is 0 Å². The van der Waals surface area contributed by atoms with Gasteiger partial charge in [0.05, 0.1) is 4.47 Å². The van der Waals surface area contributed by atoms with Crippen LogP contribution in [0.1, 0.15) is 5.56 Å². The Morgan fingerprint density at radius 1 is 1.06 bits per heavy atom. The van der Waals surface area contributed by atoms with Crippen LogP contribution in [0.5, 0.6) is 0 Å². The van der Waals surface area contributed by atoms with Crippen LogP contribution in [0.25, 0.3) is 11.1 Å². The Morgan fingerprint density at radius 3 is 2.38 bits per heavy atom. The van der Waals surface area contributed by atoms with Crippen molar-refractivity contribution in [3.8, 4) is 11.1 Å². The molecule has 2 rings (SSSR count). The van der Waals surface area contributed by atoms with E-state index in [0.717, 1.165) is 11.1 Å². The fraction of sp³-hybridized carbons (Fsp3) is 0.0769. The van der Waals surface area contributed by atoms with E-state index in [9.17, 15) is 4.39 Å². The molecule has 0 fully saturated rings. The monoisotopic (exact) mass is 279 g/mol. The van der Waals surface area contributed by atoms with Crippen molar-refractivity contribution in [1.82, 2.24) is 0 Å². The Kier molecular flexibility index (Phi) is 3.36.